The summed E-state index contributed by atoms with van der Waals surface area (Å²) in [5.41, 5.74) is 0.165. The number of aliphatic hydroxyl groups is 1. The number of hydrogen-bond donors (Lipinski definition) is 3. The van der Waals surface area contributed by atoms with Gasteiger partial charge >= 0.3 is 6.03 Å². The van der Waals surface area contributed by atoms with Crippen LogP contribution in [0.4, 0.5) is 4.79 Å². The Morgan fingerprint density at radius 2 is 1.80 bits per heavy atom. The number of rotatable bonds is 4. The van der Waals surface area contributed by atoms with E-state index in [9.17, 15) is 9.90 Å². The van der Waals surface area contributed by atoms with Crippen LogP contribution in [-0.4, -0.2) is 23.3 Å². The SMILES string of the molecule is CC(C)(O)CNC(=O)NCc1cccc2ccccc12. The van der Waals surface area contributed by atoms with Gasteiger partial charge in [-0.15, -0.1) is 0 Å². The molecule has 3 N–H and O–H groups in total. The number of benzene rings is 2. The molecular weight excluding hydrogens is 252 g/mol. The molecule has 20 heavy (non-hydrogen) atoms. The topological polar surface area (TPSA) is 61.4 Å². The number of nitrogens with one attached hydrogen (secondary N) is 2. The molecule has 0 atom stereocenters. The first-order valence-electron chi connectivity index (χ1n) is 6.66. The van der Waals surface area contributed by atoms with Gasteiger partial charge in [0.25, 0.3) is 0 Å². The molecule has 0 saturated carbocycles. The van der Waals surface area contributed by atoms with Gasteiger partial charge in [-0.3, -0.25) is 0 Å². The standard InChI is InChI=1S/C16H20N2O2/c1-16(2,20)11-18-15(19)17-10-13-8-5-7-12-6-3-4-9-14(12)13/h3-9,20H,10-11H2,1-2H3,(H2,17,18,19). The molecule has 4 nitrogen and oxygen atoms in total. The van der Waals surface area contributed by atoms with E-state index in [0.29, 0.717) is 6.54 Å². The maximum atomic E-state index is 11.7. The fraction of sp³-hybridized carbons (Fsp3) is 0.312. The third-order valence-electron chi connectivity index (χ3n) is 3.00. The summed E-state index contributed by atoms with van der Waals surface area (Å²) in [7, 11) is 0. The Labute approximate surface area is 118 Å². The van der Waals surface area contributed by atoms with E-state index < -0.39 is 5.60 Å². The van der Waals surface area contributed by atoms with Gasteiger partial charge in [0, 0.05) is 13.1 Å². The van der Waals surface area contributed by atoms with E-state index in [-0.39, 0.29) is 12.6 Å². The van der Waals surface area contributed by atoms with Crippen LogP contribution in [0.25, 0.3) is 10.8 Å². The van der Waals surface area contributed by atoms with E-state index in [0.717, 1.165) is 16.3 Å². The maximum absolute atomic E-state index is 11.7. The lowest BCUT2D eigenvalue weighted by molar-refractivity contribution is 0.0819. The van der Waals surface area contributed by atoms with Gasteiger partial charge in [-0.25, -0.2) is 4.79 Å². The first-order valence-corrected chi connectivity index (χ1v) is 6.66. The lowest BCUT2D eigenvalue weighted by Crippen LogP contribution is -2.43. The van der Waals surface area contributed by atoms with Crippen molar-refractivity contribution in [3.63, 3.8) is 0 Å². The molecule has 0 radical (unpaired) electrons. The molecule has 2 amide bonds. The average molecular weight is 272 g/mol. The first kappa shape index (κ1) is 14.3. The molecule has 0 unspecified atom stereocenters. The Morgan fingerprint density at radius 1 is 1.10 bits per heavy atom. The van der Waals surface area contributed by atoms with Crippen LogP contribution in [0.3, 0.4) is 0 Å². The van der Waals surface area contributed by atoms with Gasteiger partial charge in [-0.05, 0) is 30.2 Å². The van der Waals surface area contributed by atoms with Crippen molar-refractivity contribution in [1.29, 1.82) is 0 Å². The molecule has 2 aromatic carbocycles. The molecule has 0 fully saturated rings. The Hall–Kier alpha value is -2.07. The van der Waals surface area contributed by atoms with Gasteiger partial charge in [0.15, 0.2) is 0 Å². The smallest absolute Gasteiger partial charge is 0.315 e. The van der Waals surface area contributed by atoms with Crippen molar-refractivity contribution < 1.29 is 9.90 Å². The molecule has 0 aliphatic heterocycles. The quantitative estimate of drug-likeness (QED) is 0.800. The number of fused-ring (bicyclic) bond motifs is 1. The highest BCUT2D eigenvalue weighted by atomic mass is 16.3. The Kier molecular flexibility index (Phi) is 4.25. The lowest BCUT2D eigenvalue weighted by Gasteiger charge is -2.18. The molecule has 0 bridgehead atoms. The summed E-state index contributed by atoms with van der Waals surface area (Å²) < 4.78 is 0. The van der Waals surface area contributed by atoms with Crippen molar-refractivity contribution in [2.45, 2.75) is 26.0 Å². The van der Waals surface area contributed by atoms with Crippen molar-refractivity contribution in [3.8, 4) is 0 Å². The van der Waals surface area contributed by atoms with Crippen LogP contribution in [-0.2, 0) is 6.54 Å². The summed E-state index contributed by atoms with van der Waals surface area (Å²) in [4.78, 5) is 11.7. The molecule has 0 aromatic heterocycles. The second-order valence-electron chi connectivity index (χ2n) is 5.49. The van der Waals surface area contributed by atoms with E-state index in [1.165, 1.54) is 0 Å². The predicted octanol–water partition coefficient (Wildman–Crippen LogP) is 2.41. The fourth-order valence-electron chi connectivity index (χ4n) is 1.98. The number of carbonyl (C=O) groups is 1. The van der Waals surface area contributed by atoms with Crippen molar-refractivity contribution in [1.82, 2.24) is 10.6 Å². The maximum Gasteiger partial charge on any atom is 0.315 e. The van der Waals surface area contributed by atoms with E-state index in [1.54, 1.807) is 13.8 Å². The van der Waals surface area contributed by atoms with Crippen molar-refractivity contribution in [2.75, 3.05) is 6.54 Å². The van der Waals surface area contributed by atoms with E-state index >= 15 is 0 Å². The summed E-state index contributed by atoms with van der Waals surface area (Å²) in [5, 5.41) is 17.3. The largest absolute Gasteiger partial charge is 0.389 e. The third-order valence-corrected chi connectivity index (χ3v) is 3.00. The molecule has 106 valence electrons. The van der Waals surface area contributed by atoms with Gasteiger partial charge in [-0.1, -0.05) is 42.5 Å². The number of amides is 2. The van der Waals surface area contributed by atoms with Crippen LogP contribution in [0, 0.1) is 0 Å². The molecule has 0 aliphatic carbocycles. The number of hydrogen-bond acceptors (Lipinski definition) is 2. The molecule has 0 saturated heterocycles. The lowest BCUT2D eigenvalue weighted by atomic mass is 10.0. The summed E-state index contributed by atoms with van der Waals surface area (Å²) in [6.45, 7) is 3.98. The summed E-state index contributed by atoms with van der Waals surface area (Å²) in [6.07, 6.45) is 0. The Morgan fingerprint density at radius 3 is 2.55 bits per heavy atom. The number of urea groups is 1. The third kappa shape index (κ3) is 3.96. The molecule has 0 spiro atoms. The van der Waals surface area contributed by atoms with Crippen LogP contribution >= 0.6 is 0 Å². The zero-order valence-electron chi connectivity index (χ0n) is 11.8. The monoisotopic (exact) mass is 272 g/mol. The average Bonchev–Trinajstić information content (AvgIpc) is 2.42. The molecule has 0 aliphatic rings. The normalized spacial score (nSPS) is 11.3. The minimum Gasteiger partial charge on any atom is -0.389 e. The predicted molar refractivity (Wildman–Crippen MR) is 80.5 cm³/mol. The van der Waals surface area contributed by atoms with Crippen molar-refractivity contribution in [3.05, 3.63) is 48.0 Å². The molecule has 4 heteroatoms. The highest BCUT2D eigenvalue weighted by Gasteiger charge is 2.13. The van der Waals surface area contributed by atoms with E-state index in [1.807, 2.05) is 42.5 Å². The van der Waals surface area contributed by atoms with Crippen molar-refractivity contribution >= 4 is 16.8 Å². The molecule has 2 aromatic rings. The van der Waals surface area contributed by atoms with Gasteiger partial charge in [0.1, 0.15) is 0 Å². The highest BCUT2D eigenvalue weighted by Crippen LogP contribution is 2.18. The second-order valence-corrected chi connectivity index (χ2v) is 5.49. The van der Waals surface area contributed by atoms with Crippen LogP contribution in [0.15, 0.2) is 42.5 Å². The van der Waals surface area contributed by atoms with Crippen LogP contribution in [0.5, 0.6) is 0 Å². The first-order chi connectivity index (χ1) is 9.46. The Bertz CT molecular complexity index is 597. The van der Waals surface area contributed by atoms with Crippen LogP contribution < -0.4 is 10.6 Å². The van der Waals surface area contributed by atoms with E-state index in [4.69, 9.17) is 0 Å². The van der Waals surface area contributed by atoms with Gasteiger partial charge < -0.3 is 15.7 Å². The Balaban J connectivity index is 1.98. The molecular formula is C16H20N2O2. The molecule has 2 rings (SSSR count). The molecule has 0 heterocycles. The van der Waals surface area contributed by atoms with Gasteiger partial charge in [0.2, 0.25) is 0 Å². The second kappa shape index (κ2) is 5.92. The van der Waals surface area contributed by atoms with Crippen LogP contribution in [0.1, 0.15) is 19.4 Å². The van der Waals surface area contributed by atoms with Gasteiger partial charge in [-0.2, -0.15) is 0 Å². The van der Waals surface area contributed by atoms with Crippen LogP contribution in [0.2, 0.25) is 0 Å². The zero-order valence-corrected chi connectivity index (χ0v) is 11.8. The summed E-state index contributed by atoms with van der Waals surface area (Å²) >= 11 is 0. The summed E-state index contributed by atoms with van der Waals surface area (Å²) in [6, 6.07) is 13.8. The van der Waals surface area contributed by atoms with E-state index in [2.05, 4.69) is 10.6 Å². The minimum atomic E-state index is -0.906. The zero-order chi connectivity index (χ0) is 14.6. The van der Waals surface area contributed by atoms with Crippen molar-refractivity contribution in [2.24, 2.45) is 0 Å². The number of carbonyl (C=O) groups excluding carboxylic acids is 1. The summed E-state index contributed by atoms with van der Waals surface area (Å²) in [5.74, 6) is 0. The highest BCUT2D eigenvalue weighted by molar-refractivity contribution is 5.86. The van der Waals surface area contributed by atoms with Gasteiger partial charge in [0.05, 0.1) is 5.60 Å². The fourth-order valence-corrected chi connectivity index (χ4v) is 1.98. The minimum absolute atomic E-state index is 0.217.